The second-order valence-electron chi connectivity index (χ2n) is 16.9. The molecule has 1 aliphatic rings. The van der Waals surface area contributed by atoms with E-state index in [9.17, 15) is 29.7 Å². The van der Waals surface area contributed by atoms with E-state index in [0.717, 1.165) is 32.9 Å². The Morgan fingerprint density at radius 1 is 0.818 bits per heavy atom. The normalized spacial score (nSPS) is 14.7. The van der Waals surface area contributed by atoms with Gasteiger partial charge in [-0.2, -0.15) is 0 Å². The van der Waals surface area contributed by atoms with Crippen LogP contribution >= 0.6 is 0 Å². The number of Topliss-reactive ketones (excluding diaryl/α,β-unsaturated/α-hetero) is 3. The van der Waals surface area contributed by atoms with Crippen molar-refractivity contribution < 1.29 is 29.7 Å². The van der Waals surface area contributed by atoms with Crippen molar-refractivity contribution in [2.24, 2.45) is 5.92 Å². The Kier molecular flexibility index (Phi) is 9.41. The highest BCUT2D eigenvalue weighted by molar-refractivity contribution is 6.26. The van der Waals surface area contributed by atoms with Crippen molar-refractivity contribution in [3.05, 3.63) is 130 Å². The summed E-state index contributed by atoms with van der Waals surface area (Å²) in [6.07, 6.45) is 0.0418. The lowest BCUT2D eigenvalue weighted by Gasteiger charge is -2.31. The van der Waals surface area contributed by atoms with E-state index in [4.69, 9.17) is 0 Å². The van der Waals surface area contributed by atoms with E-state index in [1.165, 1.54) is 6.92 Å². The molecule has 6 aromatic rings. The molecule has 5 N–H and O–H groups in total. The van der Waals surface area contributed by atoms with Gasteiger partial charge in [0.1, 0.15) is 11.5 Å². The van der Waals surface area contributed by atoms with Crippen LogP contribution in [0.25, 0.3) is 21.8 Å². The highest BCUT2D eigenvalue weighted by atomic mass is 16.3. The van der Waals surface area contributed by atoms with Crippen molar-refractivity contribution in [3.63, 3.8) is 0 Å². The molecule has 5 aromatic carbocycles. The molecule has 0 saturated heterocycles. The molecule has 55 heavy (non-hydrogen) atoms. The number of aromatic amines is 1. The first-order valence-corrected chi connectivity index (χ1v) is 18.6. The smallest absolute Gasteiger partial charge is 0.201 e. The minimum atomic E-state index is -1.63. The van der Waals surface area contributed by atoms with Gasteiger partial charge >= 0.3 is 0 Å². The van der Waals surface area contributed by atoms with Crippen LogP contribution in [0.5, 0.6) is 11.5 Å². The largest absolute Gasteiger partial charge is 0.508 e. The van der Waals surface area contributed by atoms with Crippen LogP contribution in [0, 0.1) is 5.92 Å². The summed E-state index contributed by atoms with van der Waals surface area (Å²) >= 11 is 0. The number of para-hydroxylation sites is 2. The molecule has 9 heteroatoms. The zero-order valence-electron chi connectivity index (χ0n) is 32.1. The van der Waals surface area contributed by atoms with E-state index < -0.39 is 22.3 Å². The van der Waals surface area contributed by atoms with E-state index in [1.807, 2.05) is 77.1 Å². The van der Waals surface area contributed by atoms with E-state index in [2.05, 4.69) is 21.4 Å². The summed E-state index contributed by atoms with van der Waals surface area (Å²) in [5.41, 5.74) is 2.96. The fraction of sp³-hybridized carbons (Fsp3) is 0.304. The van der Waals surface area contributed by atoms with Crippen LogP contribution in [0.2, 0.25) is 0 Å². The average Bonchev–Trinajstić information content (AvgIpc) is 3.64. The second-order valence-corrected chi connectivity index (χ2v) is 16.9. The fourth-order valence-corrected chi connectivity index (χ4v) is 7.98. The number of imidazole rings is 1. The molecular formula is C46H47N3O6. The van der Waals surface area contributed by atoms with Gasteiger partial charge in [-0.05, 0) is 77.3 Å². The zero-order valence-corrected chi connectivity index (χ0v) is 32.1. The number of hydrogen-bond donors (Lipinski definition) is 5. The van der Waals surface area contributed by atoms with Gasteiger partial charge in [-0.3, -0.25) is 14.4 Å². The number of hydrogen-bond acceptors (Lipinski definition) is 8. The molecule has 0 amide bonds. The maximum Gasteiger partial charge on any atom is 0.201 e. The maximum absolute atomic E-state index is 14.0. The van der Waals surface area contributed by atoms with Crippen molar-refractivity contribution in [1.82, 2.24) is 9.97 Å². The van der Waals surface area contributed by atoms with Gasteiger partial charge in [0.05, 0.1) is 22.6 Å². The highest BCUT2D eigenvalue weighted by Crippen LogP contribution is 2.43. The molecule has 282 valence electrons. The Hall–Kier alpha value is -5.80. The first kappa shape index (κ1) is 37.5. The number of H-pyrrole nitrogens is 1. The molecule has 0 aliphatic heterocycles. The Morgan fingerprint density at radius 3 is 2.15 bits per heavy atom. The Balaban J connectivity index is 1.13. The van der Waals surface area contributed by atoms with E-state index in [0.29, 0.717) is 46.7 Å². The third kappa shape index (κ3) is 7.36. The number of phenols is 2. The molecular weight excluding hydrogens is 691 g/mol. The predicted molar refractivity (Wildman–Crippen MR) is 215 cm³/mol. The van der Waals surface area contributed by atoms with Crippen LogP contribution in [0.1, 0.15) is 108 Å². The predicted octanol–water partition coefficient (Wildman–Crippen LogP) is 8.97. The number of rotatable bonds is 11. The minimum absolute atomic E-state index is 0.116. The van der Waals surface area contributed by atoms with Crippen LogP contribution < -0.4 is 5.32 Å². The summed E-state index contributed by atoms with van der Waals surface area (Å²) in [6.45, 7) is 11.8. The maximum atomic E-state index is 14.0. The second kappa shape index (κ2) is 13.8. The van der Waals surface area contributed by atoms with Crippen molar-refractivity contribution in [1.29, 1.82) is 0 Å². The lowest BCUT2D eigenvalue weighted by atomic mass is 9.74. The quantitative estimate of drug-likeness (QED) is 0.0653. The Labute approximate surface area is 320 Å². The van der Waals surface area contributed by atoms with Crippen LogP contribution in [-0.2, 0) is 23.8 Å². The number of aromatic hydroxyl groups is 2. The van der Waals surface area contributed by atoms with Crippen LogP contribution in [0.4, 0.5) is 5.95 Å². The van der Waals surface area contributed by atoms with Gasteiger partial charge in [0.2, 0.25) is 5.95 Å². The number of anilines is 1. The van der Waals surface area contributed by atoms with Gasteiger partial charge < -0.3 is 25.6 Å². The lowest BCUT2D eigenvalue weighted by molar-refractivity contribution is 0.0254. The molecule has 1 heterocycles. The molecule has 7 rings (SSSR count). The number of carbonyl (C=O) groups is 3. The molecule has 1 aliphatic carbocycles. The molecule has 0 radical (unpaired) electrons. The standard InChI is InChI=1S/C46H47N3O6/c1-44(2,3)34-20-28(39(51)24-46(6,55)23-32-40(52)30-11-7-8-12-31(30)41(32)53)21-35(42(34)54)45(4,5)22-26-15-17-29-27(19-26)16-18-38(50)33(29)25-47-43-48-36-13-9-10-14-37(36)49-43/h7-21,32,50,54-55H,22-25H2,1-6H3,(H2,47,48,49). The molecule has 0 fully saturated rings. The lowest BCUT2D eigenvalue weighted by Crippen LogP contribution is -2.34. The number of nitrogens with zero attached hydrogens (tertiary/aromatic N) is 1. The number of aromatic nitrogens is 2. The Morgan fingerprint density at radius 2 is 1.47 bits per heavy atom. The Bertz CT molecular complexity index is 2440. The number of phenolic OH excluding ortho intramolecular Hbond substituents is 2. The van der Waals surface area contributed by atoms with E-state index >= 15 is 0 Å². The number of benzene rings is 5. The van der Waals surface area contributed by atoms with Crippen molar-refractivity contribution in [3.8, 4) is 11.5 Å². The van der Waals surface area contributed by atoms with Gasteiger partial charge in [0.25, 0.3) is 0 Å². The summed E-state index contributed by atoms with van der Waals surface area (Å²) < 4.78 is 0. The number of aliphatic hydroxyl groups is 1. The molecule has 9 nitrogen and oxygen atoms in total. The van der Waals surface area contributed by atoms with Crippen LogP contribution in [0.3, 0.4) is 0 Å². The summed E-state index contributed by atoms with van der Waals surface area (Å²) in [6, 6.07) is 27.5. The SMILES string of the molecule is CC(O)(CC(=O)c1cc(C(C)(C)C)c(O)c(C(C)(C)Cc2ccc3c(CNc4nc5ccccc5[nH]4)c(O)ccc3c2)c1)CC1C(=O)c2ccccc2C1=O. The van der Waals surface area contributed by atoms with Gasteiger partial charge in [0.15, 0.2) is 17.3 Å². The molecule has 0 saturated carbocycles. The summed E-state index contributed by atoms with van der Waals surface area (Å²) in [5, 5.41) is 39.2. The molecule has 1 atom stereocenters. The topological polar surface area (TPSA) is 153 Å². The molecule has 1 unspecified atom stereocenters. The molecule has 1 aromatic heterocycles. The van der Waals surface area contributed by atoms with Crippen molar-refractivity contribution >= 4 is 45.1 Å². The van der Waals surface area contributed by atoms with Gasteiger partial charge in [-0.15, -0.1) is 0 Å². The van der Waals surface area contributed by atoms with Gasteiger partial charge in [-0.1, -0.05) is 95.3 Å². The van der Waals surface area contributed by atoms with E-state index in [1.54, 1.807) is 42.5 Å². The van der Waals surface area contributed by atoms with Crippen molar-refractivity contribution in [2.75, 3.05) is 5.32 Å². The number of nitrogens with one attached hydrogen (secondary N) is 2. The summed E-state index contributed by atoms with van der Waals surface area (Å²) in [7, 11) is 0. The van der Waals surface area contributed by atoms with Gasteiger partial charge in [-0.25, -0.2) is 4.98 Å². The zero-order chi connectivity index (χ0) is 39.4. The van der Waals surface area contributed by atoms with Gasteiger partial charge in [0, 0.05) is 46.3 Å². The third-order valence-electron chi connectivity index (χ3n) is 10.9. The van der Waals surface area contributed by atoms with Crippen LogP contribution in [-0.4, -0.2) is 48.2 Å². The van der Waals surface area contributed by atoms with Crippen molar-refractivity contribution in [2.45, 2.75) is 83.8 Å². The number of ketones is 3. The monoisotopic (exact) mass is 737 g/mol. The summed E-state index contributed by atoms with van der Waals surface area (Å²) in [4.78, 5) is 48.0. The summed E-state index contributed by atoms with van der Waals surface area (Å²) in [5.74, 6) is -1.16. The molecule has 0 spiro atoms. The first-order valence-electron chi connectivity index (χ1n) is 18.6. The average molecular weight is 738 g/mol. The number of carbonyl (C=O) groups excluding carboxylic acids is 3. The first-order chi connectivity index (χ1) is 25.9. The number of fused-ring (bicyclic) bond motifs is 3. The third-order valence-corrected chi connectivity index (χ3v) is 10.9. The fourth-order valence-electron chi connectivity index (χ4n) is 7.98. The highest BCUT2D eigenvalue weighted by Gasteiger charge is 2.43. The van der Waals surface area contributed by atoms with Crippen LogP contribution in [0.15, 0.2) is 91.0 Å². The van der Waals surface area contributed by atoms with E-state index in [-0.39, 0.29) is 41.7 Å². The minimum Gasteiger partial charge on any atom is -0.508 e. The molecule has 0 bridgehead atoms.